The van der Waals surface area contributed by atoms with Crippen molar-refractivity contribution < 1.29 is 0 Å². The average Bonchev–Trinajstić information content (AvgIpc) is 2.42. The van der Waals surface area contributed by atoms with Crippen molar-refractivity contribution in [1.29, 1.82) is 5.26 Å². The molecule has 4 heteroatoms. The van der Waals surface area contributed by atoms with Crippen LogP contribution in [-0.2, 0) is 5.54 Å². The lowest BCUT2D eigenvalue weighted by Crippen LogP contribution is -2.30. The normalized spacial score (nSPS) is 13.3. The molecule has 0 saturated heterocycles. The minimum absolute atomic E-state index is 0.644. The fraction of sp³-hybridized carbons (Fsp3) is 0.235. The van der Waals surface area contributed by atoms with E-state index in [1.54, 1.807) is 6.07 Å². The van der Waals surface area contributed by atoms with E-state index in [-0.39, 0.29) is 0 Å². The Kier molecular flexibility index (Phi) is 4.61. The third kappa shape index (κ3) is 3.58. The summed E-state index contributed by atoms with van der Waals surface area (Å²) < 4.78 is 0.801. The van der Waals surface area contributed by atoms with Gasteiger partial charge in [-0.05, 0) is 60.5 Å². The molecule has 0 amide bonds. The quantitative estimate of drug-likeness (QED) is 0.773. The van der Waals surface area contributed by atoms with Crippen LogP contribution in [0.1, 0.15) is 23.6 Å². The van der Waals surface area contributed by atoms with E-state index in [0.717, 1.165) is 26.9 Å². The summed E-state index contributed by atoms with van der Waals surface area (Å²) in [6.45, 7) is 5.95. The van der Waals surface area contributed by atoms with Crippen LogP contribution in [-0.4, -0.2) is 0 Å². The lowest BCUT2D eigenvalue weighted by atomic mass is 9.90. The first kappa shape index (κ1) is 15.9. The van der Waals surface area contributed by atoms with Gasteiger partial charge in [-0.15, -0.1) is 0 Å². The third-order valence-corrected chi connectivity index (χ3v) is 4.55. The Labute approximate surface area is 138 Å². The summed E-state index contributed by atoms with van der Waals surface area (Å²) in [4.78, 5) is 0. The minimum Gasteiger partial charge on any atom is -0.364 e. The molecule has 2 rings (SSSR count). The number of anilines is 1. The zero-order valence-corrected chi connectivity index (χ0v) is 14.5. The molecule has 0 fully saturated rings. The van der Waals surface area contributed by atoms with Crippen molar-refractivity contribution in [2.75, 3.05) is 5.32 Å². The molecule has 1 atom stereocenters. The highest BCUT2D eigenvalue weighted by Crippen LogP contribution is 2.31. The molecule has 0 heterocycles. The highest BCUT2D eigenvalue weighted by Gasteiger charge is 2.26. The molecule has 0 aliphatic rings. The topological polar surface area (TPSA) is 35.8 Å². The smallest absolute Gasteiger partial charge is 0.148 e. The van der Waals surface area contributed by atoms with Crippen molar-refractivity contribution in [1.82, 2.24) is 0 Å². The molecule has 0 bridgehead atoms. The largest absolute Gasteiger partial charge is 0.364 e. The zero-order chi connectivity index (χ0) is 15.6. The van der Waals surface area contributed by atoms with Gasteiger partial charge in [0.05, 0.1) is 11.1 Å². The number of hydrogen-bond acceptors (Lipinski definition) is 2. The van der Waals surface area contributed by atoms with Crippen molar-refractivity contribution in [2.45, 2.75) is 26.3 Å². The summed E-state index contributed by atoms with van der Waals surface area (Å²) in [7, 11) is 0. The molecule has 0 saturated carbocycles. The van der Waals surface area contributed by atoms with Crippen LogP contribution < -0.4 is 5.32 Å². The summed E-state index contributed by atoms with van der Waals surface area (Å²) in [5.41, 5.74) is 3.28. The van der Waals surface area contributed by atoms with Crippen molar-refractivity contribution in [3.05, 3.63) is 62.6 Å². The monoisotopic (exact) mass is 362 g/mol. The zero-order valence-electron chi connectivity index (χ0n) is 12.2. The fourth-order valence-corrected chi connectivity index (χ4v) is 2.79. The molecule has 2 aromatic carbocycles. The molecular formula is C17H16BrClN2. The molecule has 0 radical (unpaired) electrons. The molecule has 0 aliphatic heterocycles. The molecular weight excluding hydrogens is 348 g/mol. The number of nitrogens with one attached hydrogen (secondary N) is 1. The maximum atomic E-state index is 9.66. The van der Waals surface area contributed by atoms with Crippen LogP contribution in [0, 0.1) is 25.2 Å². The number of hydrogen-bond donors (Lipinski definition) is 1. The molecule has 2 nitrogen and oxygen atoms in total. The second kappa shape index (κ2) is 6.09. The first-order chi connectivity index (χ1) is 9.84. The molecule has 108 valence electrons. The molecule has 0 spiro atoms. The number of nitrogens with zero attached hydrogens (tertiary/aromatic N) is 1. The number of rotatable bonds is 3. The van der Waals surface area contributed by atoms with E-state index in [1.165, 1.54) is 0 Å². The van der Waals surface area contributed by atoms with E-state index in [1.807, 2.05) is 45.0 Å². The maximum Gasteiger partial charge on any atom is 0.148 e. The van der Waals surface area contributed by atoms with Gasteiger partial charge in [-0.2, -0.15) is 5.26 Å². The van der Waals surface area contributed by atoms with Crippen molar-refractivity contribution >= 4 is 33.2 Å². The van der Waals surface area contributed by atoms with Crippen molar-refractivity contribution in [2.24, 2.45) is 0 Å². The van der Waals surface area contributed by atoms with Crippen LogP contribution in [0.2, 0.25) is 5.02 Å². The minimum atomic E-state index is -0.802. The van der Waals surface area contributed by atoms with Gasteiger partial charge in [0.2, 0.25) is 0 Å². The Bertz CT molecular complexity index is 701. The van der Waals surface area contributed by atoms with Gasteiger partial charge in [-0.1, -0.05) is 40.9 Å². The van der Waals surface area contributed by atoms with Gasteiger partial charge in [-0.3, -0.25) is 0 Å². The first-order valence-corrected chi connectivity index (χ1v) is 7.74. The fourth-order valence-electron chi connectivity index (χ4n) is 2.29. The van der Waals surface area contributed by atoms with E-state index in [2.05, 4.69) is 33.4 Å². The van der Waals surface area contributed by atoms with Gasteiger partial charge in [0.25, 0.3) is 0 Å². The number of benzene rings is 2. The Morgan fingerprint density at radius 2 is 1.76 bits per heavy atom. The lowest BCUT2D eigenvalue weighted by Gasteiger charge is -2.26. The maximum absolute atomic E-state index is 9.66. The summed E-state index contributed by atoms with van der Waals surface area (Å²) >= 11 is 9.40. The highest BCUT2D eigenvalue weighted by molar-refractivity contribution is 9.10. The van der Waals surface area contributed by atoms with Gasteiger partial charge in [-0.25, -0.2) is 0 Å². The Morgan fingerprint density at radius 1 is 1.14 bits per heavy atom. The van der Waals surface area contributed by atoms with Crippen LogP contribution in [0.25, 0.3) is 0 Å². The predicted molar refractivity (Wildman–Crippen MR) is 91.7 cm³/mol. The van der Waals surface area contributed by atoms with Crippen LogP contribution in [0.5, 0.6) is 0 Å². The molecule has 1 unspecified atom stereocenters. The van der Waals surface area contributed by atoms with E-state index in [9.17, 15) is 5.26 Å². The summed E-state index contributed by atoms with van der Waals surface area (Å²) in [6, 6.07) is 14.1. The second-order valence-corrected chi connectivity index (χ2v) is 6.63. The standard InChI is InChI=1S/C17H16BrClN2/c1-11-6-12(2)8-13(7-11)17(3,10-20)21-14-4-5-16(19)15(18)9-14/h4-9,21H,1-3H3. The number of halogens is 2. The van der Waals surface area contributed by atoms with Crippen LogP contribution >= 0.6 is 27.5 Å². The van der Waals surface area contributed by atoms with Gasteiger partial charge in [0.1, 0.15) is 5.54 Å². The van der Waals surface area contributed by atoms with Crippen LogP contribution in [0.4, 0.5) is 5.69 Å². The Hall–Kier alpha value is -1.50. The van der Waals surface area contributed by atoms with Crippen LogP contribution in [0.3, 0.4) is 0 Å². The highest BCUT2D eigenvalue weighted by atomic mass is 79.9. The lowest BCUT2D eigenvalue weighted by molar-refractivity contribution is 0.705. The van der Waals surface area contributed by atoms with Crippen molar-refractivity contribution in [3.8, 4) is 6.07 Å². The van der Waals surface area contributed by atoms with Crippen LogP contribution in [0.15, 0.2) is 40.9 Å². The van der Waals surface area contributed by atoms with Gasteiger partial charge < -0.3 is 5.32 Å². The summed E-state index contributed by atoms with van der Waals surface area (Å²) in [5, 5.41) is 13.6. The van der Waals surface area contributed by atoms with Gasteiger partial charge in [0.15, 0.2) is 0 Å². The summed E-state index contributed by atoms with van der Waals surface area (Å²) in [6.07, 6.45) is 0. The predicted octanol–water partition coefficient (Wildman–Crippen LogP) is 5.57. The molecule has 21 heavy (non-hydrogen) atoms. The molecule has 0 aromatic heterocycles. The van der Waals surface area contributed by atoms with E-state index < -0.39 is 5.54 Å². The summed E-state index contributed by atoms with van der Waals surface area (Å²) in [5.74, 6) is 0. The third-order valence-electron chi connectivity index (χ3n) is 3.34. The number of aryl methyl sites for hydroxylation is 2. The van der Waals surface area contributed by atoms with Crippen molar-refractivity contribution in [3.63, 3.8) is 0 Å². The number of nitriles is 1. The Balaban J connectivity index is 2.41. The average molecular weight is 364 g/mol. The molecule has 2 aromatic rings. The van der Waals surface area contributed by atoms with Gasteiger partial charge >= 0.3 is 0 Å². The van der Waals surface area contributed by atoms with E-state index in [4.69, 9.17) is 11.6 Å². The van der Waals surface area contributed by atoms with Gasteiger partial charge in [0, 0.05) is 10.2 Å². The SMILES string of the molecule is Cc1cc(C)cc(C(C)(C#N)Nc2ccc(Cl)c(Br)c2)c1. The van der Waals surface area contributed by atoms with E-state index >= 15 is 0 Å². The first-order valence-electron chi connectivity index (χ1n) is 6.57. The second-order valence-electron chi connectivity index (χ2n) is 5.37. The Morgan fingerprint density at radius 3 is 2.29 bits per heavy atom. The van der Waals surface area contributed by atoms with E-state index in [0.29, 0.717) is 5.02 Å². The molecule has 1 N–H and O–H groups in total. The molecule has 0 aliphatic carbocycles.